The summed E-state index contributed by atoms with van der Waals surface area (Å²) < 4.78 is 22.0. The Bertz CT molecular complexity index is 1320. The van der Waals surface area contributed by atoms with E-state index >= 15 is 0 Å². The number of fused-ring (bicyclic) bond motifs is 1. The van der Waals surface area contributed by atoms with Crippen LogP contribution in [0.3, 0.4) is 0 Å². The van der Waals surface area contributed by atoms with E-state index in [4.69, 9.17) is 9.72 Å². The minimum atomic E-state index is -0.302. The summed E-state index contributed by atoms with van der Waals surface area (Å²) in [7, 11) is 1.64. The van der Waals surface area contributed by atoms with Gasteiger partial charge in [-0.3, -0.25) is 4.79 Å². The number of thiazole rings is 1. The van der Waals surface area contributed by atoms with Crippen LogP contribution in [-0.2, 0) is 11.3 Å². The molecule has 4 aromatic rings. The Balaban J connectivity index is 1.32. The van der Waals surface area contributed by atoms with Crippen LogP contribution in [0.15, 0.2) is 48.5 Å². The molecule has 176 valence electrons. The molecule has 1 aliphatic rings. The number of halogens is 1. The number of carbonyl (C=O) groups is 1. The molecule has 1 atom stereocenters. The average molecular weight is 480 g/mol. The molecule has 0 saturated carbocycles. The van der Waals surface area contributed by atoms with Crippen LogP contribution >= 0.6 is 11.3 Å². The molecule has 1 saturated heterocycles. The van der Waals surface area contributed by atoms with Crippen LogP contribution in [0.4, 0.5) is 9.52 Å². The van der Waals surface area contributed by atoms with Crippen molar-refractivity contribution >= 4 is 32.7 Å². The maximum absolute atomic E-state index is 13.9. The first-order chi connectivity index (χ1) is 16.5. The van der Waals surface area contributed by atoms with E-state index < -0.39 is 0 Å². The molecule has 2 aromatic heterocycles. The lowest BCUT2D eigenvalue weighted by Crippen LogP contribution is -2.43. The molecule has 5 rings (SSSR count). The van der Waals surface area contributed by atoms with Gasteiger partial charge in [-0.05, 0) is 50.1 Å². The van der Waals surface area contributed by atoms with Gasteiger partial charge in [-0.1, -0.05) is 29.5 Å². The fourth-order valence-electron chi connectivity index (χ4n) is 4.30. The van der Waals surface area contributed by atoms with Gasteiger partial charge in [0.05, 0.1) is 29.1 Å². The first-order valence-corrected chi connectivity index (χ1v) is 12.1. The standard InChI is InChI=1S/C25H26FN5O2S/c1-16-22-23(31(29-16)19-9-11-20(33-2)12-10-19)28-25(34-22)30-13-5-7-18(15-30)24(32)27-14-17-6-3-4-8-21(17)26/h3-4,6,8-12,18H,5,7,13-15H2,1-2H3,(H,27,32)/t18-/m0/s1. The van der Waals surface area contributed by atoms with Gasteiger partial charge in [0.1, 0.15) is 11.6 Å². The normalized spacial score (nSPS) is 16.1. The number of amides is 1. The third-order valence-corrected chi connectivity index (χ3v) is 7.38. The summed E-state index contributed by atoms with van der Waals surface area (Å²) in [5.41, 5.74) is 3.15. The predicted molar refractivity (Wildman–Crippen MR) is 131 cm³/mol. The number of benzene rings is 2. The highest BCUT2D eigenvalue weighted by Gasteiger charge is 2.28. The molecule has 0 unspecified atom stereocenters. The zero-order valence-corrected chi connectivity index (χ0v) is 19.9. The summed E-state index contributed by atoms with van der Waals surface area (Å²) >= 11 is 1.61. The molecule has 0 aliphatic carbocycles. The predicted octanol–water partition coefficient (Wildman–Crippen LogP) is 4.47. The lowest BCUT2D eigenvalue weighted by molar-refractivity contribution is -0.125. The second-order valence-electron chi connectivity index (χ2n) is 8.44. The van der Waals surface area contributed by atoms with Gasteiger partial charge < -0.3 is 15.0 Å². The summed E-state index contributed by atoms with van der Waals surface area (Å²) in [5.74, 6) is 0.278. The molecule has 0 radical (unpaired) electrons. The largest absolute Gasteiger partial charge is 0.497 e. The van der Waals surface area contributed by atoms with Crippen molar-refractivity contribution in [3.63, 3.8) is 0 Å². The Morgan fingerprint density at radius 3 is 2.79 bits per heavy atom. The van der Waals surface area contributed by atoms with Gasteiger partial charge in [0.25, 0.3) is 0 Å². The lowest BCUT2D eigenvalue weighted by Gasteiger charge is -2.31. The lowest BCUT2D eigenvalue weighted by atomic mass is 9.97. The van der Waals surface area contributed by atoms with E-state index in [9.17, 15) is 9.18 Å². The van der Waals surface area contributed by atoms with Gasteiger partial charge in [0, 0.05) is 25.2 Å². The van der Waals surface area contributed by atoms with E-state index in [-0.39, 0.29) is 24.2 Å². The van der Waals surface area contributed by atoms with Crippen LogP contribution < -0.4 is 15.0 Å². The van der Waals surface area contributed by atoms with Crippen LogP contribution in [0.2, 0.25) is 0 Å². The zero-order chi connectivity index (χ0) is 23.7. The number of aromatic nitrogens is 3. The molecule has 7 nitrogen and oxygen atoms in total. The van der Waals surface area contributed by atoms with E-state index in [0.29, 0.717) is 12.1 Å². The molecule has 1 aliphatic heterocycles. The SMILES string of the molecule is COc1ccc(-n2nc(C)c3sc(N4CCC[C@H](C(=O)NCc5ccccc5F)C4)nc32)cc1. The van der Waals surface area contributed by atoms with Crippen LogP contribution in [0, 0.1) is 18.7 Å². The molecule has 1 fully saturated rings. The number of carbonyl (C=O) groups excluding carboxylic acids is 1. The highest BCUT2D eigenvalue weighted by atomic mass is 32.1. The Hall–Kier alpha value is -3.46. The van der Waals surface area contributed by atoms with Gasteiger partial charge in [0.2, 0.25) is 5.91 Å². The van der Waals surface area contributed by atoms with Crippen LogP contribution in [0.25, 0.3) is 16.0 Å². The molecule has 0 bridgehead atoms. The van der Waals surface area contributed by atoms with Crippen molar-refractivity contribution in [2.45, 2.75) is 26.3 Å². The highest BCUT2D eigenvalue weighted by Crippen LogP contribution is 2.34. The second-order valence-corrected chi connectivity index (χ2v) is 9.42. The fourth-order valence-corrected chi connectivity index (χ4v) is 5.32. The summed E-state index contributed by atoms with van der Waals surface area (Å²) in [4.78, 5) is 19.9. The molecule has 1 amide bonds. The number of nitrogens with zero attached hydrogens (tertiary/aromatic N) is 4. The first kappa shape index (κ1) is 22.3. The smallest absolute Gasteiger partial charge is 0.225 e. The van der Waals surface area contributed by atoms with Gasteiger partial charge in [0.15, 0.2) is 10.8 Å². The summed E-state index contributed by atoms with van der Waals surface area (Å²) in [6, 6.07) is 14.2. The summed E-state index contributed by atoms with van der Waals surface area (Å²) in [5, 5.41) is 8.47. The number of methoxy groups -OCH3 is 1. The number of ether oxygens (including phenoxy) is 1. The molecule has 2 aromatic carbocycles. The summed E-state index contributed by atoms with van der Waals surface area (Å²) in [6.07, 6.45) is 1.71. The maximum atomic E-state index is 13.9. The van der Waals surface area contributed by atoms with Gasteiger partial charge in [-0.15, -0.1) is 0 Å². The Morgan fingerprint density at radius 2 is 2.03 bits per heavy atom. The molecular formula is C25H26FN5O2S. The van der Waals surface area contributed by atoms with E-state index in [1.807, 2.05) is 35.9 Å². The van der Waals surface area contributed by atoms with E-state index in [1.54, 1.807) is 36.6 Å². The van der Waals surface area contributed by atoms with Gasteiger partial charge in [-0.2, -0.15) is 10.1 Å². The Kier molecular flexibility index (Phi) is 6.19. The van der Waals surface area contributed by atoms with E-state index in [1.165, 1.54) is 6.07 Å². The van der Waals surface area contributed by atoms with Crippen LogP contribution in [0.5, 0.6) is 5.75 Å². The van der Waals surface area contributed by atoms with Crippen molar-refractivity contribution in [3.05, 3.63) is 65.6 Å². The highest BCUT2D eigenvalue weighted by molar-refractivity contribution is 7.22. The Morgan fingerprint density at radius 1 is 1.24 bits per heavy atom. The van der Waals surface area contributed by atoms with Crippen molar-refractivity contribution in [1.29, 1.82) is 0 Å². The number of anilines is 1. The van der Waals surface area contributed by atoms with Crippen molar-refractivity contribution < 1.29 is 13.9 Å². The molecular weight excluding hydrogens is 453 g/mol. The number of nitrogens with one attached hydrogen (secondary N) is 1. The molecule has 3 heterocycles. The van der Waals surface area contributed by atoms with Crippen molar-refractivity contribution in [3.8, 4) is 11.4 Å². The number of rotatable bonds is 6. The zero-order valence-electron chi connectivity index (χ0n) is 19.1. The van der Waals surface area contributed by atoms with Crippen molar-refractivity contribution in [2.75, 3.05) is 25.1 Å². The number of aryl methyl sites for hydroxylation is 1. The third-order valence-electron chi connectivity index (χ3n) is 6.17. The molecule has 1 N–H and O–H groups in total. The molecule has 34 heavy (non-hydrogen) atoms. The minimum Gasteiger partial charge on any atom is -0.497 e. The Labute approximate surface area is 201 Å². The van der Waals surface area contributed by atoms with Gasteiger partial charge >= 0.3 is 0 Å². The third kappa shape index (κ3) is 4.35. The summed E-state index contributed by atoms with van der Waals surface area (Å²) in [6.45, 7) is 3.62. The van der Waals surface area contributed by atoms with Crippen molar-refractivity contribution in [1.82, 2.24) is 20.1 Å². The first-order valence-electron chi connectivity index (χ1n) is 11.3. The second kappa shape index (κ2) is 9.42. The van der Waals surface area contributed by atoms with Crippen LogP contribution in [0.1, 0.15) is 24.1 Å². The van der Waals surface area contributed by atoms with Gasteiger partial charge in [-0.25, -0.2) is 9.07 Å². The topological polar surface area (TPSA) is 72.3 Å². The maximum Gasteiger partial charge on any atom is 0.225 e. The molecule has 0 spiro atoms. The average Bonchev–Trinajstić information content (AvgIpc) is 3.44. The van der Waals surface area contributed by atoms with E-state index in [2.05, 4.69) is 15.3 Å². The number of piperidine rings is 1. The van der Waals surface area contributed by atoms with E-state index in [0.717, 1.165) is 52.0 Å². The number of hydrogen-bond donors (Lipinski definition) is 1. The number of hydrogen-bond acceptors (Lipinski definition) is 6. The quantitative estimate of drug-likeness (QED) is 0.442. The van der Waals surface area contributed by atoms with Crippen molar-refractivity contribution in [2.24, 2.45) is 5.92 Å². The molecule has 9 heteroatoms. The van der Waals surface area contributed by atoms with Crippen LogP contribution in [-0.4, -0.2) is 40.9 Å². The fraction of sp³-hybridized carbons (Fsp3) is 0.320. The monoisotopic (exact) mass is 479 g/mol. The minimum absolute atomic E-state index is 0.0466.